The summed E-state index contributed by atoms with van der Waals surface area (Å²) in [6.45, 7) is 0.141. The van der Waals surface area contributed by atoms with Gasteiger partial charge < -0.3 is 0 Å². The predicted molar refractivity (Wildman–Crippen MR) is 51.1 cm³/mol. The Balaban J connectivity index is 2.11. The highest BCUT2D eigenvalue weighted by molar-refractivity contribution is 7.32. The average molecular weight is 204 g/mol. The molecule has 1 saturated carbocycles. The van der Waals surface area contributed by atoms with E-state index in [9.17, 15) is 4.57 Å². The van der Waals surface area contributed by atoms with E-state index in [0.717, 1.165) is 12.8 Å². The molecule has 0 aliphatic heterocycles. The van der Waals surface area contributed by atoms with Gasteiger partial charge in [-0.2, -0.15) is 0 Å². The third-order valence-electron chi connectivity index (χ3n) is 2.15. The minimum atomic E-state index is -2.47. The highest BCUT2D eigenvalue weighted by Crippen LogP contribution is 2.20. The molecule has 0 aromatic heterocycles. The Hall–Kier alpha value is -0.310. The molecule has 5 heteroatoms. The first-order valence-corrected chi connectivity index (χ1v) is 5.73. The van der Waals surface area contributed by atoms with Crippen molar-refractivity contribution in [1.82, 2.24) is 0 Å². The lowest BCUT2D eigenvalue weighted by atomic mass is 9.96. The van der Waals surface area contributed by atoms with Crippen molar-refractivity contribution in [3.05, 3.63) is 0 Å². The van der Waals surface area contributed by atoms with Crippen molar-refractivity contribution in [2.45, 2.75) is 38.1 Å². The monoisotopic (exact) mass is 204 g/mol. The summed E-state index contributed by atoms with van der Waals surface area (Å²) < 4.78 is 14.6. The molecule has 0 bridgehead atoms. The molecule has 1 atom stereocenters. The van der Waals surface area contributed by atoms with Crippen LogP contribution >= 0.6 is 8.25 Å². The number of aliphatic imine (C=N–C) groups is 1. The van der Waals surface area contributed by atoms with Gasteiger partial charge >= 0.3 is 8.25 Å². The van der Waals surface area contributed by atoms with Crippen LogP contribution in [0, 0.1) is 0 Å². The molecule has 0 heterocycles. The standard InChI is InChI=1S/C8H14NO3P/c10-13(11)12-7-6-9-8-4-2-1-3-5-8/h6,8H,1-5,7H2/p+1. The molecule has 0 saturated heterocycles. The van der Waals surface area contributed by atoms with E-state index in [0.29, 0.717) is 6.04 Å². The van der Waals surface area contributed by atoms with Crippen LogP contribution in [0.3, 0.4) is 0 Å². The van der Waals surface area contributed by atoms with Crippen LogP contribution in [0.5, 0.6) is 0 Å². The number of hydrogen-bond donors (Lipinski definition) is 1. The van der Waals surface area contributed by atoms with Crippen LogP contribution < -0.4 is 0 Å². The van der Waals surface area contributed by atoms with E-state index in [1.54, 1.807) is 6.21 Å². The van der Waals surface area contributed by atoms with Crippen LogP contribution in [0.15, 0.2) is 4.99 Å². The lowest BCUT2D eigenvalue weighted by Gasteiger charge is -2.16. The van der Waals surface area contributed by atoms with E-state index in [1.807, 2.05) is 0 Å². The molecule has 13 heavy (non-hydrogen) atoms. The lowest BCUT2D eigenvalue weighted by Crippen LogP contribution is -2.10. The van der Waals surface area contributed by atoms with E-state index >= 15 is 0 Å². The minimum absolute atomic E-state index is 0.141. The molecule has 0 spiro atoms. The molecule has 0 radical (unpaired) electrons. The average Bonchev–Trinajstić information content (AvgIpc) is 2.14. The Morgan fingerprint density at radius 2 is 2.15 bits per heavy atom. The van der Waals surface area contributed by atoms with Gasteiger partial charge in [-0.25, -0.2) is 0 Å². The maximum Gasteiger partial charge on any atom is 0.695 e. The Morgan fingerprint density at radius 3 is 2.77 bits per heavy atom. The zero-order valence-electron chi connectivity index (χ0n) is 7.56. The van der Waals surface area contributed by atoms with Crippen LogP contribution in [0.25, 0.3) is 0 Å². The second-order valence-electron chi connectivity index (χ2n) is 3.16. The Labute approximate surface area is 79.0 Å². The molecule has 1 aliphatic rings. The third-order valence-corrected chi connectivity index (χ3v) is 2.52. The Morgan fingerprint density at radius 1 is 1.46 bits per heavy atom. The van der Waals surface area contributed by atoms with Crippen LogP contribution in [0.1, 0.15) is 32.1 Å². The smallest absolute Gasteiger partial charge is 0.292 e. The van der Waals surface area contributed by atoms with Crippen molar-refractivity contribution >= 4 is 14.5 Å². The van der Waals surface area contributed by atoms with E-state index < -0.39 is 8.25 Å². The van der Waals surface area contributed by atoms with Gasteiger partial charge in [-0.05, 0) is 12.8 Å². The van der Waals surface area contributed by atoms with Gasteiger partial charge in [-0.15, -0.1) is 9.42 Å². The van der Waals surface area contributed by atoms with Gasteiger partial charge in [0.15, 0.2) is 0 Å². The zero-order chi connectivity index (χ0) is 9.52. The zero-order valence-corrected chi connectivity index (χ0v) is 8.45. The van der Waals surface area contributed by atoms with Crippen molar-refractivity contribution in [2.24, 2.45) is 4.99 Å². The van der Waals surface area contributed by atoms with Gasteiger partial charge in [-0.3, -0.25) is 4.99 Å². The van der Waals surface area contributed by atoms with E-state index in [1.165, 1.54) is 19.3 Å². The number of rotatable bonds is 4. The van der Waals surface area contributed by atoms with Gasteiger partial charge in [0.1, 0.15) is 6.61 Å². The van der Waals surface area contributed by atoms with E-state index in [4.69, 9.17) is 4.89 Å². The van der Waals surface area contributed by atoms with Gasteiger partial charge in [0.05, 0.1) is 0 Å². The van der Waals surface area contributed by atoms with Crippen LogP contribution in [-0.2, 0) is 9.09 Å². The minimum Gasteiger partial charge on any atom is -0.292 e. The second-order valence-corrected chi connectivity index (χ2v) is 3.89. The summed E-state index contributed by atoms with van der Waals surface area (Å²) in [5.41, 5.74) is 0. The van der Waals surface area contributed by atoms with Gasteiger partial charge in [0, 0.05) is 16.8 Å². The van der Waals surface area contributed by atoms with Crippen molar-refractivity contribution < 1.29 is 14.0 Å². The van der Waals surface area contributed by atoms with Gasteiger partial charge in [0.2, 0.25) is 0 Å². The molecule has 1 aliphatic carbocycles. The summed E-state index contributed by atoms with van der Waals surface area (Å²) in [6.07, 6.45) is 7.68. The summed E-state index contributed by atoms with van der Waals surface area (Å²) >= 11 is 0. The van der Waals surface area contributed by atoms with Crippen LogP contribution in [0.2, 0.25) is 0 Å². The maximum absolute atomic E-state index is 10.1. The Bertz CT molecular complexity index is 190. The summed E-state index contributed by atoms with van der Waals surface area (Å²) in [6, 6.07) is 0.411. The molecular weight excluding hydrogens is 189 g/mol. The fraction of sp³-hybridized carbons (Fsp3) is 0.875. The molecule has 1 N–H and O–H groups in total. The Kier molecular flexibility index (Phi) is 5.13. The predicted octanol–water partition coefficient (Wildman–Crippen LogP) is 2.06. The fourth-order valence-electron chi connectivity index (χ4n) is 1.52. The summed E-state index contributed by atoms with van der Waals surface area (Å²) in [7, 11) is -2.47. The summed E-state index contributed by atoms with van der Waals surface area (Å²) in [4.78, 5) is 12.6. The summed E-state index contributed by atoms with van der Waals surface area (Å²) in [5, 5.41) is 0. The van der Waals surface area contributed by atoms with Gasteiger partial charge in [-0.1, -0.05) is 19.3 Å². The van der Waals surface area contributed by atoms with Crippen molar-refractivity contribution in [3.8, 4) is 0 Å². The van der Waals surface area contributed by atoms with Crippen molar-refractivity contribution in [2.75, 3.05) is 6.61 Å². The lowest BCUT2D eigenvalue weighted by molar-refractivity contribution is 0.322. The molecule has 0 aromatic rings. The van der Waals surface area contributed by atoms with Crippen LogP contribution in [-0.4, -0.2) is 23.8 Å². The SMILES string of the molecule is O=[P+](O)OCC=NC1CCCCC1. The van der Waals surface area contributed by atoms with Crippen molar-refractivity contribution in [3.63, 3.8) is 0 Å². The fourth-order valence-corrected chi connectivity index (χ4v) is 1.71. The molecule has 4 nitrogen and oxygen atoms in total. The summed E-state index contributed by atoms with van der Waals surface area (Å²) in [5.74, 6) is 0. The van der Waals surface area contributed by atoms with E-state index in [-0.39, 0.29) is 6.61 Å². The first-order valence-electron chi connectivity index (χ1n) is 4.59. The molecule has 1 rings (SSSR count). The highest BCUT2D eigenvalue weighted by Gasteiger charge is 2.12. The molecule has 1 fully saturated rings. The molecule has 74 valence electrons. The normalized spacial score (nSPS) is 20.8. The maximum atomic E-state index is 10.1. The molecule has 1 unspecified atom stereocenters. The first-order chi connectivity index (χ1) is 6.29. The third kappa shape index (κ3) is 5.09. The quantitative estimate of drug-likeness (QED) is 0.563. The molecule has 0 amide bonds. The number of nitrogens with zero attached hydrogens (tertiary/aromatic N) is 1. The van der Waals surface area contributed by atoms with Gasteiger partial charge in [0.25, 0.3) is 0 Å². The van der Waals surface area contributed by atoms with Crippen LogP contribution in [0.4, 0.5) is 0 Å². The highest BCUT2D eigenvalue weighted by atomic mass is 31.1. The topological polar surface area (TPSA) is 58.9 Å². The molecular formula is C8H15NO3P+. The largest absolute Gasteiger partial charge is 0.695 e. The van der Waals surface area contributed by atoms with E-state index in [2.05, 4.69) is 9.52 Å². The molecule has 0 aromatic carbocycles. The number of hydrogen-bond acceptors (Lipinski definition) is 3. The second kappa shape index (κ2) is 6.19. The first kappa shape index (κ1) is 10.8. The van der Waals surface area contributed by atoms with Crippen molar-refractivity contribution in [1.29, 1.82) is 0 Å².